The number of phenols is 1. The van der Waals surface area contributed by atoms with Crippen LogP contribution in [-0.2, 0) is 40.0 Å². The van der Waals surface area contributed by atoms with Crippen LogP contribution in [0, 0.1) is 5.92 Å². The van der Waals surface area contributed by atoms with Crippen LogP contribution in [0.15, 0.2) is 24.3 Å². The van der Waals surface area contributed by atoms with E-state index in [1.165, 1.54) is 26.0 Å². The second-order valence-corrected chi connectivity index (χ2v) is 9.43. The van der Waals surface area contributed by atoms with Gasteiger partial charge in [-0.3, -0.25) is 33.6 Å². The third-order valence-corrected chi connectivity index (χ3v) is 5.72. The van der Waals surface area contributed by atoms with Gasteiger partial charge in [-0.15, -0.1) is 11.6 Å². The number of alkyl halides is 1. The van der Waals surface area contributed by atoms with E-state index < -0.39 is 83.6 Å². The molecule has 0 aliphatic heterocycles. The van der Waals surface area contributed by atoms with Crippen LogP contribution in [0.5, 0.6) is 5.75 Å². The SMILES string of the molecule is CC(=O)NC(Cc1ccc(O)cc1)C(=O)NC(C(=O)NC(C)C(=O)NC(CC(=O)O)C(=O)C(=O)CCl)C(C)C. The Morgan fingerprint density at radius 1 is 0.821 bits per heavy atom. The first-order valence-corrected chi connectivity index (χ1v) is 12.5. The Morgan fingerprint density at radius 3 is 1.90 bits per heavy atom. The van der Waals surface area contributed by atoms with Gasteiger partial charge in [0, 0.05) is 13.3 Å². The second-order valence-electron chi connectivity index (χ2n) is 9.16. The number of Topliss-reactive ketones (excluding diaryl/α,β-unsaturated/α-hetero) is 2. The number of nitrogens with one attached hydrogen (secondary N) is 4. The summed E-state index contributed by atoms with van der Waals surface area (Å²) in [6, 6.07) is 0.848. The van der Waals surface area contributed by atoms with Crippen LogP contribution in [0.1, 0.15) is 39.7 Å². The topological polar surface area (TPSA) is 208 Å². The minimum Gasteiger partial charge on any atom is -0.508 e. The molecule has 0 radical (unpaired) electrons. The fourth-order valence-corrected chi connectivity index (χ4v) is 3.55. The molecule has 0 heterocycles. The van der Waals surface area contributed by atoms with Gasteiger partial charge in [0.15, 0.2) is 0 Å². The van der Waals surface area contributed by atoms with Gasteiger partial charge < -0.3 is 31.5 Å². The minimum absolute atomic E-state index is 0.0262. The average molecular weight is 569 g/mol. The molecular formula is C25H33ClN4O9. The van der Waals surface area contributed by atoms with Crippen molar-refractivity contribution < 1.29 is 43.8 Å². The molecule has 14 heteroatoms. The van der Waals surface area contributed by atoms with Crippen LogP contribution >= 0.6 is 11.6 Å². The maximum atomic E-state index is 13.0. The van der Waals surface area contributed by atoms with Crippen molar-refractivity contribution in [2.45, 2.75) is 64.7 Å². The van der Waals surface area contributed by atoms with Crippen LogP contribution < -0.4 is 21.3 Å². The fourth-order valence-electron chi connectivity index (χ4n) is 3.42. The molecule has 0 spiro atoms. The molecule has 4 unspecified atom stereocenters. The summed E-state index contributed by atoms with van der Waals surface area (Å²) in [5, 5.41) is 28.1. The first-order valence-electron chi connectivity index (χ1n) is 12.0. The summed E-state index contributed by atoms with van der Waals surface area (Å²) in [5.74, 6) is -7.70. The Morgan fingerprint density at radius 2 is 1.41 bits per heavy atom. The Hall–Kier alpha value is -4.00. The van der Waals surface area contributed by atoms with Gasteiger partial charge in [-0.05, 0) is 30.5 Å². The van der Waals surface area contributed by atoms with E-state index in [4.69, 9.17) is 16.7 Å². The third-order valence-electron chi connectivity index (χ3n) is 5.48. The highest BCUT2D eigenvalue weighted by atomic mass is 35.5. The number of hydrogen-bond donors (Lipinski definition) is 6. The van der Waals surface area contributed by atoms with Crippen LogP contribution in [0.25, 0.3) is 0 Å². The lowest BCUT2D eigenvalue weighted by Crippen LogP contribution is -2.59. The van der Waals surface area contributed by atoms with E-state index in [1.54, 1.807) is 26.0 Å². The third kappa shape index (κ3) is 11.1. The molecule has 39 heavy (non-hydrogen) atoms. The molecule has 6 N–H and O–H groups in total. The van der Waals surface area contributed by atoms with Crippen molar-refractivity contribution in [1.29, 1.82) is 0 Å². The van der Waals surface area contributed by atoms with E-state index in [1.807, 2.05) is 0 Å². The van der Waals surface area contributed by atoms with Crippen molar-refractivity contribution in [2.24, 2.45) is 5.92 Å². The van der Waals surface area contributed by atoms with Gasteiger partial charge in [0.2, 0.25) is 35.2 Å². The fraction of sp³-hybridized carbons (Fsp3) is 0.480. The highest BCUT2D eigenvalue weighted by Crippen LogP contribution is 2.12. The van der Waals surface area contributed by atoms with Crippen LogP contribution in [0.3, 0.4) is 0 Å². The zero-order chi connectivity index (χ0) is 29.9. The molecule has 0 aliphatic carbocycles. The molecule has 0 aromatic heterocycles. The number of aliphatic carboxylic acids is 1. The Labute approximate surface area is 230 Å². The standard InChI is InChI=1S/C25H33ClN4O9/c1-12(2)21(30-24(38)18(28-14(4)31)9-15-5-7-16(32)8-6-15)25(39)27-13(3)23(37)29-17(10-20(34)35)22(36)19(33)11-26/h5-8,12-13,17-18,21,32H,9-11H2,1-4H3,(H,27,39)(H,28,31)(H,29,37)(H,30,38)(H,34,35). The first-order chi connectivity index (χ1) is 18.2. The van der Waals surface area contributed by atoms with E-state index in [2.05, 4.69) is 21.3 Å². The summed E-state index contributed by atoms with van der Waals surface area (Å²) in [6.07, 6.45) is -0.804. The molecule has 0 saturated heterocycles. The van der Waals surface area contributed by atoms with Crippen molar-refractivity contribution >= 4 is 52.8 Å². The quantitative estimate of drug-likeness (QED) is 0.118. The number of carbonyl (C=O) groups excluding carboxylic acids is 6. The van der Waals surface area contributed by atoms with E-state index in [-0.39, 0.29) is 12.2 Å². The average Bonchev–Trinajstić information content (AvgIpc) is 2.85. The molecule has 13 nitrogen and oxygen atoms in total. The summed E-state index contributed by atoms with van der Waals surface area (Å²) < 4.78 is 0. The number of amides is 4. The number of hydrogen-bond acceptors (Lipinski definition) is 8. The number of benzene rings is 1. The van der Waals surface area contributed by atoms with Crippen LogP contribution in [-0.4, -0.2) is 81.4 Å². The van der Waals surface area contributed by atoms with E-state index in [9.17, 15) is 38.7 Å². The minimum atomic E-state index is -1.68. The number of phenolic OH excluding ortho intramolecular Hbond substituents is 1. The Bertz CT molecular complexity index is 1090. The molecule has 0 saturated carbocycles. The summed E-state index contributed by atoms with van der Waals surface area (Å²) in [5.41, 5.74) is 0.635. The lowest BCUT2D eigenvalue weighted by Gasteiger charge is -2.27. The maximum absolute atomic E-state index is 13.0. The van der Waals surface area contributed by atoms with Gasteiger partial charge in [-0.1, -0.05) is 26.0 Å². The van der Waals surface area contributed by atoms with Crippen LogP contribution in [0.2, 0.25) is 0 Å². The zero-order valence-electron chi connectivity index (χ0n) is 21.9. The number of carboxylic acids is 1. The number of halogens is 1. The van der Waals surface area contributed by atoms with E-state index in [0.29, 0.717) is 5.56 Å². The number of ketones is 2. The smallest absolute Gasteiger partial charge is 0.305 e. The lowest BCUT2D eigenvalue weighted by molar-refractivity contribution is -0.143. The molecular weight excluding hydrogens is 536 g/mol. The molecule has 1 aromatic rings. The van der Waals surface area contributed by atoms with Gasteiger partial charge in [0.1, 0.15) is 29.9 Å². The lowest BCUT2D eigenvalue weighted by atomic mass is 10.0. The highest BCUT2D eigenvalue weighted by Gasteiger charge is 2.33. The van der Waals surface area contributed by atoms with Crippen molar-refractivity contribution in [3.05, 3.63) is 29.8 Å². The predicted octanol–water partition coefficient (Wildman–Crippen LogP) is -0.579. The van der Waals surface area contributed by atoms with Gasteiger partial charge in [-0.25, -0.2) is 0 Å². The second kappa shape index (κ2) is 15.4. The van der Waals surface area contributed by atoms with Gasteiger partial charge in [0.05, 0.1) is 12.3 Å². The van der Waals surface area contributed by atoms with Gasteiger partial charge in [-0.2, -0.15) is 0 Å². The van der Waals surface area contributed by atoms with Gasteiger partial charge in [0.25, 0.3) is 0 Å². The molecule has 0 bridgehead atoms. The Kier molecular flexibility index (Phi) is 13.1. The number of aromatic hydroxyl groups is 1. The number of carbonyl (C=O) groups is 7. The molecule has 1 rings (SSSR count). The summed E-state index contributed by atoms with van der Waals surface area (Å²) in [4.78, 5) is 85.1. The van der Waals surface area contributed by atoms with E-state index >= 15 is 0 Å². The molecule has 0 fully saturated rings. The summed E-state index contributed by atoms with van der Waals surface area (Å²) in [7, 11) is 0. The normalized spacial score (nSPS) is 13.8. The van der Waals surface area contributed by atoms with Crippen LogP contribution in [0.4, 0.5) is 0 Å². The zero-order valence-corrected chi connectivity index (χ0v) is 22.7. The first kappa shape index (κ1) is 33.0. The molecule has 214 valence electrons. The number of carboxylic acid groups (broad SMARTS) is 1. The Balaban J connectivity index is 2.96. The summed E-state index contributed by atoms with van der Waals surface area (Å²) >= 11 is 5.35. The predicted molar refractivity (Wildman–Crippen MR) is 139 cm³/mol. The number of rotatable bonds is 15. The van der Waals surface area contributed by atoms with Gasteiger partial charge >= 0.3 is 5.97 Å². The molecule has 1 aromatic carbocycles. The summed E-state index contributed by atoms with van der Waals surface area (Å²) in [6.45, 7) is 5.78. The maximum Gasteiger partial charge on any atom is 0.305 e. The molecule has 4 amide bonds. The van der Waals surface area contributed by atoms with Crippen molar-refractivity contribution in [3.8, 4) is 5.75 Å². The highest BCUT2D eigenvalue weighted by molar-refractivity contribution is 6.48. The van der Waals surface area contributed by atoms with Crippen molar-refractivity contribution in [1.82, 2.24) is 21.3 Å². The molecule has 4 atom stereocenters. The monoisotopic (exact) mass is 568 g/mol. The van der Waals surface area contributed by atoms with Crippen molar-refractivity contribution in [3.63, 3.8) is 0 Å². The molecule has 0 aliphatic rings. The van der Waals surface area contributed by atoms with Crippen molar-refractivity contribution in [2.75, 3.05) is 5.88 Å². The largest absolute Gasteiger partial charge is 0.508 e. The van der Waals surface area contributed by atoms with E-state index in [0.717, 1.165) is 0 Å².